The monoisotopic (exact) mass is 459 g/mol. The third-order valence-corrected chi connectivity index (χ3v) is 7.41. The second-order valence-electron chi connectivity index (χ2n) is 9.68. The number of fused-ring (bicyclic) bond motifs is 1. The van der Waals surface area contributed by atoms with Crippen LogP contribution in [0.1, 0.15) is 43.7 Å². The molecule has 3 aliphatic heterocycles. The Bertz CT molecular complexity index is 1070. The number of benzene rings is 1. The Hall–Kier alpha value is -2.52. The molecule has 2 N–H and O–H groups in total. The summed E-state index contributed by atoms with van der Waals surface area (Å²) in [6.45, 7) is 5.67. The molecular weight excluding hydrogens is 428 g/mol. The predicted octanol–water partition coefficient (Wildman–Crippen LogP) is 3.26. The number of carbonyl (C=O) groups is 2. The molecule has 33 heavy (non-hydrogen) atoms. The average molecular weight is 460 g/mol. The fourth-order valence-electron chi connectivity index (χ4n) is 5.58. The summed E-state index contributed by atoms with van der Waals surface area (Å²) in [6, 6.07) is 3.13. The highest BCUT2D eigenvalue weighted by molar-refractivity contribution is 6.06. The molecule has 3 aliphatic rings. The number of nitrogens with zero attached hydrogens (tertiary/aromatic N) is 3. The first-order valence-corrected chi connectivity index (χ1v) is 11.9. The highest BCUT2D eigenvalue weighted by atomic mass is 19.1. The molecular formula is C24H31F2N5O2. The lowest BCUT2D eigenvalue weighted by Crippen LogP contribution is -2.49. The Labute approximate surface area is 192 Å². The van der Waals surface area contributed by atoms with E-state index >= 15 is 8.78 Å². The molecule has 0 radical (unpaired) electrons. The molecule has 3 fully saturated rings. The first-order chi connectivity index (χ1) is 15.8. The van der Waals surface area contributed by atoms with Crippen LogP contribution < -0.4 is 15.5 Å². The first-order valence-electron chi connectivity index (χ1n) is 11.9. The molecule has 0 unspecified atom stereocenters. The molecule has 0 aliphatic carbocycles. The number of aryl methyl sites for hydroxylation is 1. The van der Waals surface area contributed by atoms with Gasteiger partial charge in [0, 0.05) is 50.2 Å². The number of anilines is 1. The number of imide groups is 1. The number of likely N-dealkylation sites (tertiary alicyclic amines) is 1. The first kappa shape index (κ1) is 22.3. The fourth-order valence-corrected chi connectivity index (χ4v) is 5.58. The molecule has 9 heteroatoms. The van der Waals surface area contributed by atoms with Crippen LogP contribution in [0, 0.1) is 12.7 Å². The second-order valence-corrected chi connectivity index (χ2v) is 9.68. The maximum atomic E-state index is 15.6. The van der Waals surface area contributed by atoms with Crippen molar-refractivity contribution in [2.45, 2.75) is 50.7 Å². The van der Waals surface area contributed by atoms with Gasteiger partial charge in [-0.1, -0.05) is 0 Å². The van der Waals surface area contributed by atoms with Gasteiger partial charge in [0.05, 0.1) is 11.2 Å². The SMILES string of the molecule is Cc1cn(C2CCN(CC3(F)CCNCC3)CC2)c2ccc(N3CCC(=O)NC3=O)c(F)c12. The van der Waals surface area contributed by atoms with Gasteiger partial charge in [-0.05, 0) is 63.4 Å². The Morgan fingerprint density at radius 3 is 2.55 bits per heavy atom. The summed E-state index contributed by atoms with van der Waals surface area (Å²) < 4.78 is 32.8. The zero-order valence-corrected chi connectivity index (χ0v) is 19.0. The molecule has 1 aromatic heterocycles. The standard InChI is InChI=1S/C24H31F2N5O2/c1-16-14-31(17-4-11-29(12-5-17)15-24(26)7-9-27-10-8-24)18-2-3-19(22(25)21(16)18)30-13-6-20(32)28-23(30)33/h2-3,14,17,27H,4-13,15H2,1H3,(H,28,32,33). The maximum absolute atomic E-state index is 15.6. The lowest BCUT2D eigenvalue weighted by molar-refractivity contribution is -0.120. The van der Waals surface area contributed by atoms with Crippen LogP contribution in [0.15, 0.2) is 18.3 Å². The molecule has 0 atom stereocenters. The van der Waals surface area contributed by atoms with Crippen molar-refractivity contribution >= 4 is 28.5 Å². The number of rotatable bonds is 4. The van der Waals surface area contributed by atoms with Gasteiger partial charge >= 0.3 is 6.03 Å². The van der Waals surface area contributed by atoms with Gasteiger partial charge in [-0.3, -0.25) is 15.0 Å². The third kappa shape index (κ3) is 4.24. The van der Waals surface area contributed by atoms with E-state index in [-0.39, 0.29) is 30.6 Å². The molecule has 7 nitrogen and oxygen atoms in total. The van der Waals surface area contributed by atoms with Crippen molar-refractivity contribution in [3.8, 4) is 0 Å². The third-order valence-electron chi connectivity index (χ3n) is 7.41. The maximum Gasteiger partial charge on any atom is 0.328 e. The van der Waals surface area contributed by atoms with Crippen LogP contribution in [0.2, 0.25) is 0 Å². The van der Waals surface area contributed by atoms with E-state index in [0.717, 1.165) is 50.1 Å². The topological polar surface area (TPSA) is 69.6 Å². The molecule has 0 bridgehead atoms. The van der Waals surface area contributed by atoms with Gasteiger partial charge in [-0.25, -0.2) is 13.6 Å². The van der Waals surface area contributed by atoms with Gasteiger partial charge in [0.1, 0.15) is 5.67 Å². The van der Waals surface area contributed by atoms with Crippen LogP contribution in [0.3, 0.4) is 0 Å². The number of halogens is 2. The van der Waals surface area contributed by atoms with Crippen molar-refractivity contribution in [2.24, 2.45) is 0 Å². The summed E-state index contributed by atoms with van der Waals surface area (Å²) in [6.07, 6.45) is 5.05. The van der Waals surface area contributed by atoms with E-state index in [4.69, 9.17) is 0 Å². The van der Waals surface area contributed by atoms with Crippen molar-refractivity contribution in [1.82, 2.24) is 20.1 Å². The zero-order chi connectivity index (χ0) is 23.2. The number of piperidine rings is 2. The van der Waals surface area contributed by atoms with Gasteiger partial charge in [-0.15, -0.1) is 0 Å². The lowest BCUT2D eigenvalue weighted by Gasteiger charge is -2.39. The van der Waals surface area contributed by atoms with Crippen LogP contribution in [0.5, 0.6) is 0 Å². The van der Waals surface area contributed by atoms with Crippen molar-refractivity contribution in [3.05, 3.63) is 29.7 Å². The predicted molar refractivity (Wildman–Crippen MR) is 123 cm³/mol. The number of hydrogen-bond donors (Lipinski definition) is 2. The van der Waals surface area contributed by atoms with E-state index in [1.54, 1.807) is 6.07 Å². The van der Waals surface area contributed by atoms with E-state index in [2.05, 4.69) is 20.1 Å². The molecule has 0 saturated carbocycles. The molecule has 2 aromatic rings. The summed E-state index contributed by atoms with van der Waals surface area (Å²) in [5, 5.41) is 5.99. The Kier molecular flexibility index (Phi) is 5.86. The number of amides is 3. The van der Waals surface area contributed by atoms with Gasteiger partial charge in [0.25, 0.3) is 0 Å². The summed E-state index contributed by atoms with van der Waals surface area (Å²) in [7, 11) is 0. The van der Waals surface area contributed by atoms with Crippen molar-refractivity contribution < 1.29 is 18.4 Å². The van der Waals surface area contributed by atoms with E-state index < -0.39 is 17.5 Å². The minimum Gasteiger partial charge on any atom is -0.344 e. The highest BCUT2D eigenvalue weighted by Crippen LogP contribution is 2.36. The summed E-state index contributed by atoms with van der Waals surface area (Å²) >= 11 is 0. The number of aromatic nitrogens is 1. The number of hydrogen-bond acceptors (Lipinski definition) is 4. The Balaban J connectivity index is 1.33. The van der Waals surface area contributed by atoms with Gasteiger partial charge in [0.15, 0.2) is 5.82 Å². The minimum absolute atomic E-state index is 0.151. The summed E-state index contributed by atoms with van der Waals surface area (Å²) in [4.78, 5) is 27.2. The van der Waals surface area contributed by atoms with E-state index in [0.29, 0.717) is 24.8 Å². The normalized spacial score (nSPS) is 22.7. The van der Waals surface area contributed by atoms with E-state index in [1.165, 1.54) is 4.90 Å². The fraction of sp³-hybridized carbons (Fsp3) is 0.583. The molecule has 3 amide bonds. The van der Waals surface area contributed by atoms with Crippen LogP contribution in [-0.2, 0) is 4.79 Å². The quantitative estimate of drug-likeness (QED) is 0.737. The van der Waals surface area contributed by atoms with Gasteiger partial charge in [0.2, 0.25) is 5.91 Å². The average Bonchev–Trinajstić information content (AvgIpc) is 3.12. The summed E-state index contributed by atoms with van der Waals surface area (Å²) in [5.74, 6) is -0.777. The molecule has 4 heterocycles. The Morgan fingerprint density at radius 2 is 1.85 bits per heavy atom. The molecule has 0 spiro atoms. The van der Waals surface area contributed by atoms with Gasteiger partial charge < -0.3 is 14.8 Å². The van der Waals surface area contributed by atoms with Crippen LogP contribution in [0.25, 0.3) is 10.9 Å². The van der Waals surface area contributed by atoms with Crippen LogP contribution in [-0.4, -0.2) is 66.3 Å². The number of carbonyl (C=O) groups excluding carboxylic acids is 2. The van der Waals surface area contributed by atoms with E-state index in [1.807, 2.05) is 19.2 Å². The number of urea groups is 1. The minimum atomic E-state index is -1.10. The highest BCUT2D eigenvalue weighted by Gasteiger charge is 2.35. The van der Waals surface area contributed by atoms with E-state index in [9.17, 15) is 9.59 Å². The number of alkyl halides is 1. The second kappa shape index (κ2) is 8.68. The lowest BCUT2D eigenvalue weighted by atomic mass is 9.92. The van der Waals surface area contributed by atoms with Crippen molar-refractivity contribution in [3.63, 3.8) is 0 Å². The number of nitrogens with one attached hydrogen (secondary N) is 2. The molecule has 1 aromatic carbocycles. The van der Waals surface area contributed by atoms with Crippen LogP contribution >= 0.6 is 0 Å². The van der Waals surface area contributed by atoms with Crippen LogP contribution in [0.4, 0.5) is 19.3 Å². The molecule has 3 saturated heterocycles. The Morgan fingerprint density at radius 1 is 1.12 bits per heavy atom. The zero-order valence-electron chi connectivity index (χ0n) is 19.0. The molecule has 178 valence electrons. The van der Waals surface area contributed by atoms with Crippen molar-refractivity contribution in [2.75, 3.05) is 44.2 Å². The smallest absolute Gasteiger partial charge is 0.328 e. The van der Waals surface area contributed by atoms with Crippen molar-refractivity contribution in [1.29, 1.82) is 0 Å². The van der Waals surface area contributed by atoms with Gasteiger partial charge in [-0.2, -0.15) is 0 Å². The summed E-state index contributed by atoms with van der Waals surface area (Å²) in [5.41, 5.74) is 0.719. The largest absolute Gasteiger partial charge is 0.344 e. The molecule has 5 rings (SSSR count).